The van der Waals surface area contributed by atoms with Gasteiger partial charge in [-0.1, -0.05) is 11.6 Å². The molecule has 1 aromatic carbocycles. The van der Waals surface area contributed by atoms with Crippen molar-refractivity contribution in [2.24, 2.45) is 0 Å². The van der Waals surface area contributed by atoms with E-state index in [2.05, 4.69) is 25.4 Å². The Morgan fingerprint density at radius 1 is 1.27 bits per heavy atom. The van der Waals surface area contributed by atoms with Gasteiger partial charge in [-0.15, -0.1) is 0 Å². The van der Waals surface area contributed by atoms with Crippen molar-refractivity contribution in [2.45, 2.75) is 6.92 Å². The van der Waals surface area contributed by atoms with Gasteiger partial charge >= 0.3 is 5.97 Å². The zero-order chi connectivity index (χ0) is 18.5. The molecule has 1 amide bonds. The molecule has 9 nitrogen and oxygen atoms in total. The molecular formula is C16H13ClN6O3. The molecule has 26 heavy (non-hydrogen) atoms. The van der Waals surface area contributed by atoms with Crippen LogP contribution in [0.3, 0.4) is 0 Å². The Labute approximate surface area is 153 Å². The SMILES string of the molecule is Cc1cnc(C(=O)OCC(=O)Nc2cc(Cl)ccc2-n2cncn2)cn1. The summed E-state index contributed by atoms with van der Waals surface area (Å²) >= 11 is 5.98. The van der Waals surface area contributed by atoms with Gasteiger partial charge in [-0.2, -0.15) is 5.10 Å². The normalized spacial score (nSPS) is 10.4. The van der Waals surface area contributed by atoms with Crippen LogP contribution in [0.25, 0.3) is 5.69 Å². The minimum Gasteiger partial charge on any atom is -0.451 e. The number of nitrogens with zero attached hydrogens (tertiary/aromatic N) is 5. The van der Waals surface area contributed by atoms with Crippen molar-refractivity contribution in [3.05, 3.63) is 59.7 Å². The van der Waals surface area contributed by atoms with Crippen molar-refractivity contribution in [3.8, 4) is 5.69 Å². The number of amides is 1. The molecule has 0 saturated carbocycles. The standard InChI is InChI=1S/C16H13ClN6O3/c1-10-5-20-13(6-19-10)16(25)26-7-15(24)22-12-4-11(17)2-3-14(12)23-9-18-8-21-23/h2-6,8-9H,7H2,1H3,(H,22,24). The maximum absolute atomic E-state index is 12.1. The first-order valence-electron chi connectivity index (χ1n) is 7.43. The van der Waals surface area contributed by atoms with Gasteiger partial charge in [0.1, 0.15) is 12.7 Å². The molecule has 0 atom stereocenters. The first-order chi connectivity index (χ1) is 12.5. The maximum atomic E-state index is 12.1. The lowest BCUT2D eigenvalue weighted by atomic mass is 10.2. The first-order valence-corrected chi connectivity index (χ1v) is 7.81. The second-order valence-electron chi connectivity index (χ2n) is 5.17. The molecule has 0 aliphatic rings. The van der Waals surface area contributed by atoms with Gasteiger partial charge in [0.05, 0.1) is 23.3 Å². The van der Waals surface area contributed by atoms with E-state index in [1.807, 2.05) is 0 Å². The van der Waals surface area contributed by atoms with Gasteiger partial charge in [-0.25, -0.2) is 19.4 Å². The number of hydrogen-bond acceptors (Lipinski definition) is 7. The van der Waals surface area contributed by atoms with Crippen molar-refractivity contribution >= 4 is 29.2 Å². The number of nitrogens with one attached hydrogen (secondary N) is 1. The lowest BCUT2D eigenvalue weighted by Gasteiger charge is -2.11. The summed E-state index contributed by atoms with van der Waals surface area (Å²) < 4.78 is 6.41. The number of ether oxygens (including phenoxy) is 1. The molecule has 0 bridgehead atoms. The summed E-state index contributed by atoms with van der Waals surface area (Å²) in [5.74, 6) is -1.28. The van der Waals surface area contributed by atoms with E-state index in [9.17, 15) is 9.59 Å². The number of aryl methyl sites for hydroxylation is 1. The average molecular weight is 373 g/mol. The van der Waals surface area contributed by atoms with Gasteiger partial charge in [-0.3, -0.25) is 9.78 Å². The second kappa shape index (κ2) is 7.70. The van der Waals surface area contributed by atoms with Crippen LogP contribution in [0.1, 0.15) is 16.2 Å². The molecular weight excluding hydrogens is 360 g/mol. The number of aromatic nitrogens is 5. The van der Waals surface area contributed by atoms with Crippen LogP contribution >= 0.6 is 11.6 Å². The van der Waals surface area contributed by atoms with Crippen LogP contribution in [0.2, 0.25) is 5.02 Å². The number of anilines is 1. The molecule has 0 radical (unpaired) electrons. The van der Waals surface area contributed by atoms with E-state index in [0.717, 1.165) is 0 Å². The van der Waals surface area contributed by atoms with Gasteiger partial charge in [0.2, 0.25) is 0 Å². The Hall–Kier alpha value is -3.33. The topological polar surface area (TPSA) is 112 Å². The predicted molar refractivity (Wildman–Crippen MR) is 92.1 cm³/mol. The molecule has 3 aromatic rings. The van der Waals surface area contributed by atoms with E-state index >= 15 is 0 Å². The molecule has 0 spiro atoms. The predicted octanol–water partition coefficient (Wildman–Crippen LogP) is 1.81. The summed E-state index contributed by atoms with van der Waals surface area (Å²) in [7, 11) is 0. The fraction of sp³-hybridized carbons (Fsp3) is 0.125. The van der Waals surface area contributed by atoms with Crippen LogP contribution in [-0.4, -0.2) is 43.2 Å². The summed E-state index contributed by atoms with van der Waals surface area (Å²) in [6.07, 6.45) is 5.57. The van der Waals surface area contributed by atoms with E-state index in [1.54, 1.807) is 25.1 Å². The minimum atomic E-state index is -0.741. The van der Waals surface area contributed by atoms with Crippen LogP contribution in [0, 0.1) is 6.92 Å². The van der Waals surface area contributed by atoms with Crippen LogP contribution < -0.4 is 5.32 Å². The lowest BCUT2D eigenvalue weighted by molar-refractivity contribution is -0.119. The summed E-state index contributed by atoms with van der Waals surface area (Å²) in [4.78, 5) is 35.7. The lowest BCUT2D eigenvalue weighted by Crippen LogP contribution is -2.22. The average Bonchev–Trinajstić information content (AvgIpc) is 3.15. The fourth-order valence-corrected chi connectivity index (χ4v) is 2.20. The third-order valence-electron chi connectivity index (χ3n) is 3.22. The van der Waals surface area contributed by atoms with Crippen LogP contribution in [0.15, 0.2) is 43.2 Å². The van der Waals surface area contributed by atoms with Crippen LogP contribution in [0.5, 0.6) is 0 Å². The number of esters is 1. The van der Waals surface area contributed by atoms with Gasteiger partial charge < -0.3 is 10.1 Å². The zero-order valence-electron chi connectivity index (χ0n) is 13.6. The van der Waals surface area contributed by atoms with Crippen molar-refractivity contribution < 1.29 is 14.3 Å². The van der Waals surface area contributed by atoms with Crippen molar-refractivity contribution in [2.75, 3.05) is 11.9 Å². The molecule has 2 aromatic heterocycles. The maximum Gasteiger partial charge on any atom is 0.359 e. The zero-order valence-corrected chi connectivity index (χ0v) is 14.3. The Morgan fingerprint density at radius 2 is 2.12 bits per heavy atom. The van der Waals surface area contributed by atoms with Crippen LogP contribution in [-0.2, 0) is 9.53 Å². The summed E-state index contributed by atoms with van der Waals surface area (Å²) in [5.41, 5.74) is 1.66. The molecule has 1 N–H and O–H groups in total. The highest BCUT2D eigenvalue weighted by Crippen LogP contribution is 2.23. The number of hydrogen-bond donors (Lipinski definition) is 1. The monoisotopic (exact) mass is 372 g/mol. The van der Waals surface area contributed by atoms with Crippen molar-refractivity contribution in [1.82, 2.24) is 24.7 Å². The molecule has 0 saturated heterocycles. The Morgan fingerprint density at radius 3 is 2.81 bits per heavy atom. The summed E-state index contributed by atoms with van der Waals surface area (Å²) in [6, 6.07) is 4.90. The summed E-state index contributed by atoms with van der Waals surface area (Å²) in [5, 5.41) is 7.07. The van der Waals surface area contributed by atoms with Gasteiger partial charge in [-0.05, 0) is 25.1 Å². The molecule has 0 aliphatic carbocycles. The number of carbonyl (C=O) groups is 2. The molecule has 10 heteroatoms. The largest absolute Gasteiger partial charge is 0.451 e. The molecule has 2 heterocycles. The highest BCUT2D eigenvalue weighted by atomic mass is 35.5. The number of benzene rings is 1. The highest BCUT2D eigenvalue weighted by molar-refractivity contribution is 6.31. The van der Waals surface area contributed by atoms with Crippen molar-refractivity contribution in [1.29, 1.82) is 0 Å². The highest BCUT2D eigenvalue weighted by Gasteiger charge is 2.14. The molecule has 0 aliphatic heterocycles. The molecule has 0 unspecified atom stereocenters. The minimum absolute atomic E-state index is 0.0226. The fourth-order valence-electron chi connectivity index (χ4n) is 2.03. The van der Waals surface area contributed by atoms with Crippen molar-refractivity contribution in [3.63, 3.8) is 0 Å². The van der Waals surface area contributed by atoms with E-state index in [1.165, 1.54) is 29.7 Å². The number of halogens is 1. The third-order valence-corrected chi connectivity index (χ3v) is 3.46. The second-order valence-corrected chi connectivity index (χ2v) is 5.61. The van der Waals surface area contributed by atoms with Gasteiger partial charge in [0, 0.05) is 11.2 Å². The van der Waals surface area contributed by atoms with E-state index in [0.29, 0.717) is 22.1 Å². The molecule has 3 rings (SSSR count). The summed E-state index contributed by atoms with van der Waals surface area (Å²) in [6.45, 7) is 1.25. The molecule has 132 valence electrons. The first kappa shape index (κ1) is 17.5. The van der Waals surface area contributed by atoms with Gasteiger partial charge in [0.15, 0.2) is 12.3 Å². The number of carbonyl (C=O) groups excluding carboxylic acids is 2. The Balaban J connectivity index is 1.66. The molecule has 0 fully saturated rings. The van der Waals surface area contributed by atoms with Crippen LogP contribution in [0.4, 0.5) is 5.69 Å². The van der Waals surface area contributed by atoms with E-state index in [-0.39, 0.29) is 5.69 Å². The Bertz CT molecular complexity index is 928. The van der Waals surface area contributed by atoms with Gasteiger partial charge in [0.25, 0.3) is 5.91 Å². The number of rotatable bonds is 5. The third kappa shape index (κ3) is 4.19. The smallest absolute Gasteiger partial charge is 0.359 e. The van der Waals surface area contributed by atoms with E-state index in [4.69, 9.17) is 16.3 Å². The van der Waals surface area contributed by atoms with E-state index < -0.39 is 18.5 Å². The quantitative estimate of drug-likeness (QED) is 0.679. The Kier molecular flexibility index (Phi) is 5.18.